The fourth-order valence-electron chi connectivity index (χ4n) is 1.59. The highest BCUT2D eigenvalue weighted by atomic mass is 19.4. The molecular weight excluding hydrogens is 339 g/mol. The molecular formula is C17H16F3NO4. The smallest absolute Gasteiger partial charge is 0.416 e. The van der Waals surface area contributed by atoms with E-state index in [0.717, 1.165) is 18.4 Å². The van der Waals surface area contributed by atoms with Gasteiger partial charge in [0.25, 0.3) is 0 Å². The normalized spacial score (nSPS) is 11.2. The first-order chi connectivity index (χ1) is 11.8. The van der Waals surface area contributed by atoms with E-state index in [4.69, 9.17) is 9.57 Å². The number of rotatable bonds is 6. The second-order valence-electron chi connectivity index (χ2n) is 4.51. The Labute approximate surface area is 143 Å². The Morgan fingerprint density at radius 3 is 2.68 bits per heavy atom. The first-order valence-corrected chi connectivity index (χ1v) is 6.84. The van der Waals surface area contributed by atoms with Crippen LogP contribution in [0.4, 0.5) is 13.2 Å². The third-order valence-corrected chi connectivity index (χ3v) is 2.74. The number of carbonyl (C=O) groups is 1. The van der Waals surface area contributed by atoms with Gasteiger partial charge in [0.2, 0.25) is 0 Å². The van der Waals surface area contributed by atoms with Crippen LogP contribution >= 0.6 is 0 Å². The zero-order chi connectivity index (χ0) is 18.9. The molecule has 0 aromatic heterocycles. The molecule has 1 rings (SSSR count). The number of hydroxylamine groups is 1. The summed E-state index contributed by atoms with van der Waals surface area (Å²) in [5.41, 5.74) is 1.95. The van der Waals surface area contributed by atoms with Crippen LogP contribution in [0, 0.1) is 11.8 Å². The van der Waals surface area contributed by atoms with Gasteiger partial charge >= 0.3 is 12.1 Å². The van der Waals surface area contributed by atoms with Crippen molar-refractivity contribution in [2.45, 2.75) is 6.18 Å². The SMILES string of the molecule is C=C(NOCC#CC(=COC)C(=O)OC)c1cccc(C(F)(F)F)c1. The van der Waals surface area contributed by atoms with E-state index in [-0.39, 0.29) is 23.4 Å². The molecule has 1 aromatic carbocycles. The number of esters is 1. The maximum absolute atomic E-state index is 12.7. The molecule has 0 unspecified atom stereocenters. The number of nitrogens with one attached hydrogen (secondary N) is 1. The van der Waals surface area contributed by atoms with Gasteiger partial charge in [0.05, 0.1) is 25.5 Å². The summed E-state index contributed by atoms with van der Waals surface area (Å²) in [6.45, 7) is 3.44. The van der Waals surface area contributed by atoms with Gasteiger partial charge in [-0.25, -0.2) is 4.79 Å². The minimum Gasteiger partial charge on any atom is -0.503 e. The quantitative estimate of drug-likeness (QED) is 0.212. The van der Waals surface area contributed by atoms with Crippen LogP contribution < -0.4 is 5.48 Å². The van der Waals surface area contributed by atoms with Gasteiger partial charge in [-0.2, -0.15) is 13.2 Å². The van der Waals surface area contributed by atoms with Gasteiger partial charge in [-0.1, -0.05) is 30.6 Å². The fourth-order valence-corrected chi connectivity index (χ4v) is 1.59. The molecule has 1 N–H and O–H groups in total. The van der Waals surface area contributed by atoms with E-state index >= 15 is 0 Å². The van der Waals surface area contributed by atoms with E-state index in [1.165, 1.54) is 26.4 Å². The molecule has 0 saturated heterocycles. The number of carbonyl (C=O) groups excluding carboxylic acids is 1. The topological polar surface area (TPSA) is 56.8 Å². The summed E-state index contributed by atoms with van der Waals surface area (Å²) in [6.07, 6.45) is -3.32. The van der Waals surface area contributed by atoms with E-state index in [2.05, 4.69) is 28.6 Å². The molecule has 1 aromatic rings. The lowest BCUT2D eigenvalue weighted by atomic mass is 10.1. The van der Waals surface area contributed by atoms with Crippen LogP contribution in [0.1, 0.15) is 11.1 Å². The van der Waals surface area contributed by atoms with Crippen molar-refractivity contribution >= 4 is 11.7 Å². The lowest BCUT2D eigenvalue weighted by Gasteiger charge is -2.11. The van der Waals surface area contributed by atoms with E-state index < -0.39 is 17.7 Å². The standard InChI is InChI=1S/C17H16F3NO4/c1-12(13-6-4-8-15(10-13)17(18,19)20)21-25-9-5-7-14(11-23-2)16(22)24-3/h4,6,8,10-11,21H,1,9H2,2-3H3. The summed E-state index contributed by atoms with van der Waals surface area (Å²) in [6, 6.07) is 4.62. The molecule has 0 aliphatic carbocycles. The van der Waals surface area contributed by atoms with Gasteiger partial charge in [-0.05, 0) is 17.7 Å². The van der Waals surface area contributed by atoms with Crippen LogP contribution in [0.3, 0.4) is 0 Å². The first-order valence-electron chi connectivity index (χ1n) is 6.84. The first kappa shape index (κ1) is 20.1. The molecule has 0 fully saturated rings. The second kappa shape index (κ2) is 9.39. The minimum atomic E-state index is -4.44. The summed E-state index contributed by atoms with van der Waals surface area (Å²) in [5, 5.41) is 0. The molecule has 5 nitrogen and oxygen atoms in total. The number of hydrogen-bond donors (Lipinski definition) is 1. The average Bonchev–Trinajstić information content (AvgIpc) is 2.59. The van der Waals surface area contributed by atoms with Crippen LogP contribution in [-0.4, -0.2) is 26.8 Å². The molecule has 0 bridgehead atoms. The molecule has 0 spiro atoms. The van der Waals surface area contributed by atoms with Crippen molar-refractivity contribution in [1.29, 1.82) is 0 Å². The summed E-state index contributed by atoms with van der Waals surface area (Å²) < 4.78 is 47.2. The van der Waals surface area contributed by atoms with Crippen molar-refractivity contribution in [2.24, 2.45) is 0 Å². The van der Waals surface area contributed by atoms with E-state index in [9.17, 15) is 18.0 Å². The van der Waals surface area contributed by atoms with Gasteiger partial charge in [0.15, 0.2) is 0 Å². The Balaban J connectivity index is 2.60. The van der Waals surface area contributed by atoms with Crippen molar-refractivity contribution in [3.05, 3.63) is 53.8 Å². The van der Waals surface area contributed by atoms with Crippen molar-refractivity contribution in [2.75, 3.05) is 20.8 Å². The number of methoxy groups -OCH3 is 2. The van der Waals surface area contributed by atoms with Gasteiger partial charge in [-0.3, -0.25) is 10.3 Å². The molecule has 0 aliphatic rings. The highest BCUT2D eigenvalue weighted by Crippen LogP contribution is 2.30. The van der Waals surface area contributed by atoms with E-state index in [1.54, 1.807) is 0 Å². The number of ether oxygens (including phenoxy) is 2. The minimum absolute atomic E-state index is 0.00898. The summed E-state index contributed by atoms with van der Waals surface area (Å²) in [5.74, 6) is 4.33. The number of alkyl halides is 3. The Kier molecular flexibility index (Phi) is 7.56. The molecule has 25 heavy (non-hydrogen) atoms. The summed E-state index contributed by atoms with van der Waals surface area (Å²) >= 11 is 0. The van der Waals surface area contributed by atoms with Gasteiger partial charge in [0, 0.05) is 0 Å². The second-order valence-corrected chi connectivity index (χ2v) is 4.51. The fraction of sp³-hybridized carbons (Fsp3) is 0.235. The van der Waals surface area contributed by atoms with Crippen LogP contribution in [0.2, 0.25) is 0 Å². The van der Waals surface area contributed by atoms with Crippen molar-refractivity contribution in [3.63, 3.8) is 0 Å². The molecule has 0 radical (unpaired) electrons. The van der Waals surface area contributed by atoms with Crippen LogP contribution in [0.15, 0.2) is 42.7 Å². The molecule has 0 aliphatic heterocycles. The number of hydrogen-bond acceptors (Lipinski definition) is 5. The molecule has 0 heterocycles. The summed E-state index contributed by atoms with van der Waals surface area (Å²) in [7, 11) is 2.55. The van der Waals surface area contributed by atoms with E-state index in [1.807, 2.05) is 0 Å². The van der Waals surface area contributed by atoms with Crippen molar-refractivity contribution in [3.8, 4) is 11.8 Å². The van der Waals surface area contributed by atoms with Gasteiger partial charge in [-0.15, -0.1) is 0 Å². The van der Waals surface area contributed by atoms with Crippen LogP contribution in [-0.2, 0) is 25.3 Å². The molecule has 0 atom stereocenters. The predicted molar refractivity (Wildman–Crippen MR) is 84.4 cm³/mol. The maximum Gasteiger partial charge on any atom is 0.416 e. The molecule has 134 valence electrons. The maximum atomic E-state index is 12.7. The van der Waals surface area contributed by atoms with Crippen LogP contribution in [0.5, 0.6) is 0 Å². The number of benzene rings is 1. The molecule has 0 amide bonds. The summed E-state index contributed by atoms with van der Waals surface area (Å²) in [4.78, 5) is 16.3. The van der Waals surface area contributed by atoms with E-state index in [0.29, 0.717) is 0 Å². The third-order valence-electron chi connectivity index (χ3n) is 2.74. The number of halogens is 3. The zero-order valence-electron chi connectivity index (χ0n) is 13.6. The average molecular weight is 355 g/mol. The monoisotopic (exact) mass is 355 g/mol. The highest BCUT2D eigenvalue weighted by Gasteiger charge is 2.30. The predicted octanol–water partition coefficient (Wildman–Crippen LogP) is 2.90. The van der Waals surface area contributed by atoms with Gasteiger partial charge in [0.1, 0.15) is 18.4 Å². The Bertz CT molecular complexity index is 715. The van der Waals surface area contributed by atoms with Crippen LogP contribution in [0.25, 0.3) is 5.70 Å². The highest BCUT2D eigenvalue weighted by molar-refractivity contribution is 5.93. The Hall–Kier alpha value is -2.92. The Morgan fingerprint density at radius 2 is 2.08 bits per heavy atom. The van der Waals surface area contributed by atoms with Crippen molar-refractivity contribution < 1.29 is 32.3 Å². The third kappa shape index (κ3) is 6.61. The lowest BCUT2D eigenvalue weighted by molar-refractivity contribution is -0.137. The van der Waals surface area contributed by atoms with Crippen molar-refractivity contribution in [1.82, 2.24) is 5.48 Å². The molecule has 0 saturated carbocycles. The Morgan fingerprint density at radius 1 is 1.36 bits per heavy atom. The molecule has 8 heteroatoms. The van der Waals surface area contributed by atoms with Gasteiger partial charge < -0.3 is 9.47 Å². The largest absolute Gasteiger partial charge is 0.503 e. The lowest BCUT2D eigenvalue weighted by Crippen LogP contribution is -2.13. The zero-order valence-corrected chi connectivity index (χ0v) is 13.6.